The highest BCUT2D eigenvalue weighted by Crippen LogP contribution is 2.27. The average Bonchev–Trinajstić information content (AvgIpc) is 2.88. The third-order valence-electron chi connectivity index (χ3n) is 3.92. The van der Waals surface area contributed by atoms with E-state index in [1.54, 1.807) is 0 Å². The van der Waals surface area contributed by atoms with Gasteiger partial charge in [0.1, 0.15) is 0 Å². The summed E-state index contributed by atoms with van der Waals surface area (Å²) >= 11 is 0. The highest BCUT2D eigenvalue weighted by molar-refractivity contribution is 5.02. The van der Waals surface area contributed by atoms with Gasteiger partial charge in [0.25, 0.3) is 0 Å². The van der Waals surface area contributed by atoms with Gasteiger partial charge in [-0.3, -0.25) is 4.68 Å². The fourth-order valence-corrected chi connectivity index (χ4v) is 2.78. The largest absolute Gasteiger partial charge is 0.382 e. The molecule has 4 nitrogen and oxygen atoms in total. The van der Waals surface area contributed by atoms with Gasteiger partial charge in [0.2, 0.25) is 0 Å². The standard InChI is InChI=1S/C15H27N3O/c1-2-19-11-9-13(16)12-14-8-10-18(17-14)15-6-4-3-5-7-15/h8,10,13,15H,2-7,9,11-12,16H2,1H3. The summed E-state index contributed by atoms with van der Waals surface area (Å²) in [5.41, 5.74) is 7.22. The second-order valence-electron chi connectivity index (χ2n) is 5.53. The predicted molar refractivity (Wildman–Crippen MR) is 77.1 cm³/mol. The summed E-state index contributed by atoms with van der Waals surface area (Å²) in [5, 5.41) is 4.70. The first-order valence-corrected chi connectivity index (χ1v) is 7.67. The van der Waals surface area contributed by atoms with Crippen molar-refractivity contribution in [1.82, 2.24) is 9.78 Å². The van der Waals surface area contributed by atoms with Gasteiger partial charge in [0, 0.05) is 31.9 Å². The summed E-state index contributed by atoms with van der Waals surface area (Å²) in [5.74, 6) is 0. The van der Waals surface area contributed by atoms with Crippen LogP contribution in [0.15, 0.2) is 12.3 Å². The summed E-state index contributed by atoms with van der Waals surface area (Å²) in [4.78, 5) is 0. The Bertz CT molecular complexity index is 358. The zero-order valence-corrected chi connectivity index (χ0v) is 12.1. The van der Waals surface area contributed by atoms with Gasteiger partial charge in [-0.1, -0.05) is 19.3 Å². The Kier molecular flexibility index (Phi) is 5.86. The Morgan fingerprint density at radius 1 is 1.42 bits per heavy atom. The highest BCUT2D eigenvalue weighted by atomic mass is 16.5. The van der Waals surface area contributed by atoms with E-state index in [9.17, 15) is 0 Å². The minimum atomic E-state index is 0.154. The van der Waals surface area contributed by atoms with Crippen LogP contribution in [0.5, 0.6) is 0 Å². The molecular weight excluding hydrogens is 238 g/mol. The zero-order valence-electron chi connectivity index (χ0n) is 12.1. The lowest BCUT2D eigenvalue weighted by molar-refractivity contribution is 0.139. The molecule has 108 valence electrons. The normalized spacial score (nSPS) is 18.6. The number of ether oxygens (including phenoxy) is 1. The molecular formula is C15H27N3O. The number of nitrogens with two attached hydrogens (primary N) is 1. The summed E-state index contributed by atoms with van der Waals surface area (Å²) < 4.78 is 7.49. The van der Waals surface area contributed by atoms with E-state index < -0.39 is 0 Å². The SMILES string of the molecule is CCOCCC(N)Cc1ccn(C2CCCCC2)n1. The van der Waals surface area contributed by atoms with E-state index >= 15 is 0 Å². The van der Waals surface area contributed by atoms with Crippen molar-refractivity contribution in [3.05, 3.63) is 18.0 Å². The molecule has 1 aromatic heterocycles. The van der Waals surface area contributed by atoms with Crippen LogP contribution in [0, 0.1) is 0 Å². The fourth-order valence-electron chi connectivity index (χ4n) is 2.78. The van der Waals surface area contributed by atoms with Crippen LogP contribution >= 0.6 is 0 Å². The maximum atomic E-state index is 6.10. The van der Waals surface area contributed by atoms with Crippen LogP contribution in [0.3, 0.4) is 0 Å². The van der Waals surface area contributed by atoms with Gasteiger partial charge in [-0.25, -0.2) is 0 Å². The van der Waals surface area contributed by atoms with Crippen LogP contribution < -0.4 is 5.73 Å². The fraction of sp³-hybridized carbons (Fsp3) is 0.800. The third-order valence-corrected chi connectivity index (χ3v) is 3.92. The maximum absolute atomic E-state index is 6.10. The van der Waals surface area contributed by atoms with E-state index in [0.717, 1.165) is 31.7 Å². The molecule has 1 atom stereocenters. The molecule has 0 aliphatic heterocycles. The second kappa shape index (κ2) is 7.65. The van der Waals surface area contributed by atoms with Crippen LogP contribution in [0.4, 0.5) is 0 Å². The maximum Gasteiger partial charge on any atom is 0.0640 e. The first kappa shape index (κ1) is 14.5. The predicted octanol–water partition coefficient (Wildman–Crippen LogP) is 2.68. The molecule has 0 spiro atoms. The monoisotopic (exact) mass is 265 g/mol. The topological polar surface area (TPSA) is 53.1 Å². The summed E-state index contributed by atoms with van der Waals surface area (Å²) in [7, 11) is 0. The number of rotatable bonds is 7. The van der Waals surface area contributed by atoms with Gasteiger partial charge in [-0.2, -0.15) is 5.10 Å². The van der Waals surface area contributed by atoms with Gasteiger partial charge in [0.05, 0.1) is 11.7 Å². The van der Waals surface area contributed by atoms with Gasteiger partial charge in [0.15, 0.2) is 0 Å². The molecule has 0 saturated heterocycles. The summed E-state index contributed by atoms with van der Waals surface area (Å²) in [6, 6.07) is 2.89. The lowest BCUT2D eigenvalue weighted by Crippen LogP contribution is -2.25. The van der Waals surface area contributed by atoms with E-state index in [4.69, 9.17) is 15.6 Å². The van der Waals surface area contributed by atoms with Crippen LogP contribution in [0.2, 0.25) is 0 Å². The van der Waals surface area contributed by atoms with Crippen molar-refractivity contribution in [3.63, 3.8) is 0 Å². The van der Waals surface area contributed by atoms with E-state index in [1.807, 2.05) is 6.92 Å². The van der Waals surface area contributed by atoms with Crippen LogP contribution in [-0.2, 0) is 11.2 Å². The quantitative estimate of drug-likeness (QED) is 0.771. The van der Waals surface area contributed by atoms with E-state index in [-0.39, 0.29) is 6.04 Å². The van der Waals surface area contributed by atoms with Crippen LogP contribution in [-0.4, -0.2) is 29.0 Å². The molecule has 1 heterocycles. The first-order chi connectivity index (χ1) is 9.29. The van der Waals surface area contributed by atoms with Crippen molar-refractivity contribution in [2.75, 3.05) is 13.2 Å². The molecule has 2 N–H and O–H groups in total. The van der Waals surface area contributed by atoms with E-state index in [2.05, 4.69) is 16.9 Å². The minimum absolute atomic E-state index is 0.154. The molecule has 1 aliphatic rings. The molecule has 0 bridgehead atoms. The van der Waals surface area contributed by atoms with Crippen LogP contribution in [0.25, 0.3) is 0 Å². The van der Waals surface area contributed by atoms with E-state index in [1.165, 1.54) is 32.1 Å². The minimum Gasteiger partial charge on any atom is -0.382 e. The molecule has 1 fully saturated rings. The van der Waals surface area contributed by atoms with Gasteiger partial charge >= 0.3 is 0 Å². The molecule has 1 aromatic rings. The Morgan fingerprint density at radius 3 is 2.95 bits per heavy atom. The number of nitrogens with zero attached hydrogens (tertiary/aromatic N) is 2. The Balaban J connectivity index is 1.79. The van der Waals surface area contributed by atoms with Gasteiger partial charge in [-0.05, 0) is 32.3 Å². The highest BCUT2D eigenvalue weighted by Gasteiger charge is 2.16. The molecule has 1 saturated carbocycles. The van der Waals surface area contributed by atoms with Gasteiger partial charge < -0.3 is 10.5 Å². The summed E-state index contributed by atoms with van der Waals surface area (Å²) in [6.07, 6.45) is 10.5. The molecule has 1 aliphatic carbocycles. The van der Waals surface area contributed by atoms with Crippen molar-refractivity contribution in [3.8, 4) is 0 Å². The number of hydrogen-bond acceptors (Lipinski definition) is 3. The molecule has 0 radical (unpaired) electrons. The molecule has 4 heteroatoms. The Labute approximate surface area is 116 Å². The average molecular weight is 265 g/mol. The zero-order chi connectivity index (χ0) is 13.5. The van der Waals surface area contributed by atoms with Crippen molar-refractivity contribution in [2.24, 2.45) is 5.73 Å². The molecule has 2 rings (SSSR count). The molecule has 0 amide bonds. The lowest BCUT2D eigenvalue weighted by atomic mass is 9.96. The smallest absolute Gasteiger partial charge is 0.0640 e. The molecule has 1 unspecified atom stereocenters. The van der Waals surface area contributed by atoms with Crippen molar-refractivity contribution in [2.45, 2.75) is 64.0 Å². The molecule has 0 aromatic carbocycles. The number of hydrogen-bond donors (Lipinski definition) is 1. The molecule has 19 heavy (non-hydrogen) atoms. The van der Waals surface area contributed by atoms with Crippen molar-refractivity contribution in [1.29, 1.82) is 0 Å². The third kappa shape index (κ3) is 4.62. The van der Waals surface area contributed by atoms with Crippen molar-refractivity contribution < 1.29 is 4.74 Å². The Morgan fingerprint density at radius 2 is 2.21 bits per heavy atom. The first-order valence-electron chi connectivity index (χ1n) is 7.67. The Hall–Kier alpha value is -0.870. The number of aromatic nitrogens is 2. The second-order valence-corrected chi connectivity index (χ2v) is 5.53. The van der Waals surface area contributed by atoms with E-state index in [0.29, 0.717) is 6.04 Å². The van der Waals surface area contributed by atoms with Gasteiger partial charge in [-0.15, -0.1) is 0 Å². The lowest BCUT2D eigenvalue weighted by Gasteiger charge is -2.21. The van der Waals surface area contributed by atoms with Crippen LogP contribution in [0.1, 0.15) is 57.2 Å². The summed E-state index contributed by atoms with van der Waals surface area (Å²) in [6.45, 7) is 3.53. The van der Waals surface area contributed by atoms with Crippen molar-refractivity contribution >= 4 is 0 Å².